The van der Waals surface area contributed by atoms with E-state index in [4.69, 9.17) is 9.84 Å². The van der Waals surface area contributed by atoms with Gasteiger partial charge in [0.2, 0.25) is 5.88 Å². The number of aliphatic hydroxyl groups excluding tert-OH is 1. The highest BCUT2D eigenvalue weighted by Gasteiger charge is 2.23. The molecule has 9 heteroatoms. The van der Waals surface area contributed by atoms with Crippen molar-refractivity contribution in [1.29, 1.82) is 0 Å². The number of anilines is 2. The first-order chi connectivity index (χ1) is 17.1. The molecule has 3 heterocycles. The third-order valence-electron chi connectivity index (χ3n) is 5.81. The summed E-state index contributed by atoms with van der Waals surface area (Å²) in [5.74, 6) is 0.563. The van der Waals surface area contributed by atoms with Crippen LogP contribution in [0.3, 0.4) is 0 Å². The fraction of sp³-hybridized carbons (Fsp3) is 0.385. The number of nitrogens with two attached hydrogens (primary N) is 1. The lowest BCUT2D eigenvalue weighted by atomic mass is 10.0. The molecule has 2 aliphatic heterocycles. The molecule has 0 radical (unpaired) electrons. The Kier molecular flexibility index (Phi) is 11.1. The minimum Gasteiger partial charge on any atom is -0.474 e. The number of aldehydes is 1. The zero-order chi connectivity index (χ0) is 25.8. The second-order valence-corrected chi connectivity index (χ2v) is 7.80. The van der Waals surface area contributed by atoms with E-state index >= 15 is 0 Å². The summed E-state index contributed by atoms with van der Waals surface area (Å²) in [6, 6.07) is 7.75. The summed E-state index contributed by atoms with van der Waals surface area (Å²) in [6.45, 7) is 10.7. The van der Waals surface area contributed by atoms with Crippen LogP contribution >= 0.6 is 0 Å². The van der Waals surface area contributed by atoms with E-state index in [0.29, 0.717) is 19.0 Å². The molecule has 0 amide bonds. The predicted octanol–water partition coefficient (Wildman–Crippen LogP) is 3.25. The quantitative estimate of drug-likeness (QED) is 0.428. The van der Waals surface area contributed by atoms with Gasteiger partial charge in [-0.2, -0.15) is 0 Å². The van der Waals surface area contributed by atoms with Crippen LogP contribution in [0.15, 0.2) is 51.7 Å². The van der Waals surface area contributed by atoms with Crippen LogP contribution < -0.4 is 20.7 Å². The van der Waals surface area contributed by atoms with Crippen molar-refractivity contribution < 1.29 is 14.6 Å². The number of nitrogens with one attached hydrogen (secondary N) is 1. The summed E-state index contributed by atoms with van der Waals surface area (Å²) in [7, 11) is 2.50. The Labute approximate surface area is 207 Å². The van der Waals surface area contributed by atoms with Crippen LogP contribution in [0.2, 0.25) is 0 Å². The molecule has 35 heavy (non-hydrogen) atoms. The molecule has 1 unspecified atom stereocenters. The highest BCUT2D eigenvalue weighted by atomic mass is 16.5. The second-order valence-electron chi connectivity index (χ2n) is 7.80. The third kappa shape index (κ3) is 6.74. The molecule has 4 rings (SSSR count). The lowest BCUT2D eigenvalue weighted by Gasteiger charge is -2.32. The Bertz CT molecular complexity index is 1050. The van der Waals surface area contributed by atoms with Crippen LogP contribution in [0.4, 0.5) is 17.1 Å². The van der Waals surface area contributed by atoms with Crippen molar-refractivity contribution in [3.05, 3.63) is 52.9 Å². The number of hydrogen-bond donors (Lipinski definition) is 3. The molecule has 0 saturated heterocycles. The largest absolute Gasteiger partial charge is 0.474 e. The molecule has 0 fully saturated rings. The number of rotatable bonds is 6. The lowest BCUT2D eigenvalue weighted by molar-refractivity contribution is -0.108. The van der Waals surface area contributed by atoms with Crippen LogP contribution in [-0.4, -0.2) is 69.7 Å². The SMILES string of the molecule is C=NC1=C(C=Nc2ccc(C(C)C=O)cc2)CCN(c2cnc3c(c2C)NCCO3)C1.CN.CO. The molecule has 2 aromatic rings. The Morgan fingerprint density at radius 3 is 2.66 bits per heavy atom. The van der Waals surface area contributed by atoms with Crippen molar-refractivity contribution in [3.8, 4) is 5.88 Å². The first kappa shape index (κ1) is 27.7. The molecule has 0 bridgehead atoms. The molecule has 9 nitrogen and oxygen atoms in total. The number of carbonyl (C=O) groups excluding carboxylic acids is 1. The summed E-state index contributed by atoms with van der Waals surface area (Å²) in [5, 5.41) is 10.4. The van der Waals surface area contributed by atoms with Gasteiger partial charge in [-0.25, -0.2) is 4.98 Å². The Morgan fingerprint density at radius 2 is 2.00 bits per heavy atom. The maximum absolute atomic E-state index is 10.9. The normalized spacial score (nSPS) is 15.4. The first-order valence-corrected chi connectivity index (χ1v) is 11.5. The van der Waals surface area contributed by atoms with E-state index < -0.39 is 0 Å². The van der Waals surface area contributed by atoms with Gasteiger partial charge in [0, 0.05) is 37.9 Å². The van der Waals surface area contributed by atoms with Gasteiger partial charge in [-0.1, -0.05) is 19.1 Å². The molecule has 1 aromatic carbocycles. The summed E-state index contributed by atoms with van der Waals surface area (Å²) in [6.07, 6.45) is 5.52. The van der Waals surface area contributed by atoms with Crippen LogP contribution in [0, 0.1) is 6.92 Å². The summed E-state index contributed by atoms with van der Waals surface area (Å²) < 4.78 is 5.64. The number of ether oxygens (including phenoxy) is 1. The van der Waals surface area contributed by atoms with Gasteiger partial charge >= 0.3 is 0 Å². The van der Waals surface area contributed by atoms with E-state index in [9.17, 15) is 4.79 Å². The van der Waals surface area contributed by atoms with Gasteiger partial charge in [-0.3, -0.25) is 9.98 Å². The minimum atomic E-state index is -0.107. The van der Waals surface area contributed by atoms with Gasteiger partial charge in [0.15, 0.2) is 0 Å². The van der Waals surface area contributed by atoms with E-state index in [2.05, 4.69) is 44.6 Å². The van der Waals surface area contributed by atoms with Gasteiger partial charge in [-0.05, 0) is 50.4 Å². The average Bonchev–Trinajstić information content (AvgIpc) is 2.94. The molecule has 1 atom stereocenters. The second kappa shape index (κ2) is 14.0. The number of aromatic nitrogens is 1. The number of aliphatic imine (C=N–C) groups is 2. The van der Waals surface area contributed by atoms with E-state index in [-0.39, 0.29) is 5.92 Å². The number of aliphatic hydroxyl groups is 1. The van der Waals surface area contributed by atoms with Crippen molar-refractivity contribution in [1.82, 2.24) is 4.98 Å². The molecular formula is C26H36N6O3. The predicted molar refractivity (Wildman–Crippen MR) is 144 cm³/mol. The van der Waals surface area contributed by atoms with Gasteiger partial charge in [0.25, 0.3) is 0 Å². The van der Waals surface area contributed by atoms with Gasteiger partial charge < -0.3 is 30.6 Å². The first-order valence-electron chi connectivity index (χ1n) is 11.5. The number of pyridine rings is 1. The van der Waals surface area contributed by atoms with Crippen LogP contribution in [0.5, 0.6) is 5.88 Å². The number of nitrogens with zero attached hydrogens (tertiary/aromatic N) is 4. The number of carbonyl (C=O) groups is 1. The molecule has 0 spiro atoms. The molecule has 0 aliphatic carbocycles. The Balaban J connectivity index is 0.00000103. The standard InChI is InChI=1S/C24H27N5O2.CH5N.CH4O/c1-16(15-30)18-4-6-20(7-5-18)27-12-19-8-10-29(14-21(19)25-3)22-13-28-24-23(17(22)2)26-9-11-31-24;2*1-2/h4-7,12-13,15-16,26H,3,8-11,14H2,1-2H3;2H2,1H3;2H,1H3. The third-order valence-corrected chi connectivity index (χ3v) is 5.81. The Morgan fingerprint density at radius 1 is 1.29 bits per heavy atom. The summed E-state index contributed by atoms with van der Waals surface area (Å²) >= 11 is 0. The molecule has 0 saturated carbocycles. The number of hydrogen-bond acceptors (Lipinski definition) is 9. The van der Waals surface area contributed by atoms with Crippen molar-refractivity contribution in [2.24, 2.45) is 15.7 Å². The van der Waals surface area contributed by atoms with Crippen molar-refractivity contribution in [3.63, 3.8) is 0 Å². The van der Waals surface area contributed by atoms with Crippen molar-refractivity contribution in [2.75, 3.05) is 50.6 Å². The van der Waals surface area contributed by atoms with Crippen LogP contribution in [0.1, 0.15) is 30.4 Å². The fourth-order valence-electron chi connectivity index (χ4n) is 3.88. The highest BCUT2D eigenvalue weighted by Crippen LogP contribution is 2.36. The van der Waals surface area contributed by atoms with E-state index in [1.807, 2.05) is 43.6 Å². The molecule has 188 valence electrons. The maximum atomic E-state index is 10.9. The molecule has 4 N–H and O–H groups in total. The van der Waals surface area contributed by atoms with Crippen LogP contribution in [-0.2, 0) is 4.79 Å². The summed E-state index contributed by atoms with van der Waals surface area (Å²) in [5.41, 5.74) is 11.5. The molecular weight excluding hydrogens is 444 g/mol. The number of benzene rings is 1. The highest BCUT2D eigenvalue weighted by molar-refractivity contribution is 5.83. The topological polar surface area (TPSA) is 125 Å². The van der Waals surface area contributed by atoms with Crippen molar-refractivity contribution >= 4 is 36.3 Å². The van der Waals surface area contributed by atoms with Gasteiger partial charge in [0.05, 0.1) is 29.8 Å². The van der Waals surface area contributed by atoms with E-state index in [1.54, 1.807) is 0 Å². The molecule has 1 aromatic heterocycles. The summed E-state index contributed by atoms with van der Waals surface area (Å²) in [4.78, 5) is 26.6. The van der Waals surface area contributed by atoms with E-state index in [0.717, 1.165) is 72.4 Å². The van der Waals surface area contributed by atoms with Gasteiger partial charge in [-0.15, -0.1) is 0 Å². The zero-order valence-corrected chi connectivity index (χ0v) is 21.0. The van der Waals surface area contributed by atoms with Crippen molar-refractivity contribution in [2.45, 2.75) is 26.2 Å². The average molecular weight is 481 g/mol. The monoisotopic (exact) mass is 480 g/mol. The van der Waals surface area contributed by atoms with Gasteiger partial charge in [0.1, 0.15) is 18.6 Å². The molecule has 2 aliphatic rings. The zero-order valence-electron chi connectivity index (χ0n) is 21.0. The fourth-order valence-corrected chi connectivity index (χ4v) is 3.88. The number of fused-ring (bicyclic) bond motifs is 1. The van der Waals surface area contributed by atoms with E-state index in [1.165, 1.54) is 7.05 Å². The maximum Gasteiger partial charge on any atom is 0.237 e. The smallest absolute Gasteiger partial charge is 0.237 e. The lowest BCUT2D eigenvalue weighted by Crippen LogP contribution is -2.33. The van der Waals surface area contributed by atoms with Crippen LogP contribution in [0.25, 0.3) is 0 Å². The minimum absolute atomic E-state index is 0.107. The Hall–Kier alpha value is -3.56.